The first-order valence-corrected chi connectivity index (χ1v) is 7.36. The summed E-state index contributed by atoms with van der Waals surface area (Å²) >= 11 is 2.55. The van der Waals surface area contributed by atoms with Gasteiger partial charge in [0.2, 0.25) is 0 Å². The molecule has 16 heavy (non-hydrogen) atoms. The molecule has 1 fully saturated rings. The van der Waals surface area contributed by atoms with E-state index in [9.17, 15) is 0 Å². The van der Waals surface area contributed by atoms with E-state index in [4.69, 9.17) is 4.74 Å². The molecule has 1 aliphatic carbocycles. The Kier molecular flexibility index (Phi) is 4.65. The molecular weight excluding hydrogens is 311 g/mol. The molecule has 1 nitrogen and oxygen atoms in total. The van der Waals surface area contributed by atoms with Crippen molar-refractivity contribution in [3.05, 3.63) is 35.9 Å². The van der Waals surface area contributed by atoms with Gasteiger partial charge in [0.05, 0.1) is 12.2 Å². The third-order valence-corrected chi connectivity index (χ3v) is 4.69. The number of hydrogen-bond acceptors (Lipinski definition) is 1. The minimum absolute atomic E-state index is 0.224. The van der Waals surface area contributed by atoms with Crippen molar-refractivity contribution in [2.24, 2.45) is 0 Å². The molecule has 0 aromatic heterocycles. The van der Waals surface area contributed by atoms with Crippen LogP contribution in [0.25, 0.3) is 0 Å². The summed E-state index contributed by atoms with van der Waals surface area (Å²) in [7, 11) is 0. The lowest BCUT2D eigenvalue weighted by Crippen LogP contribution is -2.28. The van der Waals surface area contributed by atoms with Gasteiger partial charge in [0.1, 0.15) is 0 Å². The van der Waals surface area contributed by atoms with E-state index in [-0.39, 0.29) is 6.10 Å². The molecule has 0 radical (unpaired) electrons. The van der Waals surface area contributed by atoms with Crippen molar-refractivity contribution in [1.29, 1.82) is 0 Å². The van der Waals surface area contributed by atoms with Crippen LogP contribution in [0.15, 0.2) is 30.3 Å². The fraction of sp³-hybridized carbons (Fsp3) is 0.571. The lowest BCUT2D eigenvalue weighted by molar-refractivity contribution is -0.0157. The Balaban J connectivity index is 1.94. The largest absolute Gasteiger partial charge is 0.370 e. The third-order valence-electron chi connectivity index (χ3n) is 3.27. The van der Waals surface area contributed by atoms with Crippen molar-refractivity contribution in [1.82, 2.24) is 0 Å². The highest BCUT2D eigenvalue weighted by Crippen LogP contribution is 2.31. The van der Waals surface area contributed by atoms with Gasteiger partial charge in [-0.3, -0.25) is 0 Å². The van der Waals surface area contributed by atoms with Crippen molar-refractivity contribution in [2.45, 2.75) is 48.7 Å². The highest BCUT2D eigenvalue weighted by molar-refractivity contribution is 14.1. The maximum absolute atomic E-state index is 6.18. The highest BCUT2D eigenvalue weighted by atomic mass is 127. The van der Waals surface area contributed by atoms with Gasteiger partial charge in [0.25, 0.3) is 0 Å². The van der Waals surface area contributed by atoms with E-state index in [1.807, 2.05) is 0 Å². The predicted molar refractivity (Wildman–Crippen MR) is 76.0 cm³/mol. The van der Waals surface area contributed by atoms with Crippen LogP contribution >= 0.6 is 22.6 Å². The Morgan fingerprint density at radius 2 is 1.88 bits per heavy atom. The van der Waals surface area contributed by atoms with Crippen LogP contribution in [0.1, 0.15) is 44.3 Å². The molecule has 0 spiro atoms. The van der Waals surface area contributed by atoms with Gasteiger partial charge >= 0.3 is 0 Å². The summed E-state index contributed by atoms with van der Waals surface area (Å²) in [5.74, 6) is 0. The molecular formula is C14H19IO. The van der Waals surface area contributed by atoms with Gasteiger partial charge in [0, 0.05) is 3.92 Å². The van der Waals surface area contributed by atoms with Crippen molar-refractivity contribution < 1.29 is 4.74 Å². The normalized spacial score (nSPS) is 27.6. The van der Waals surface area contributed by atoms with Crippen LogP contribution in [-0.2, 0) is 4.74 Å². The zero-order valence-corrected chi connectivity index (χ0v) is 11.9. The summed E-state index contributed by atoms with van der Waals surface area (Å²) in [4.78, 5) is 0. The van der Waals surface area contributed by atoms with Crippen molar-refractivity contribution in [3.63, 3.8) is 0 Å². The van der Waals surface area contributed by atoms with Gasteiger partial charge < -0.3 is 4.74 Å². The minimum atomic E-state index is 0.224. The van der Waals surface area contributed by atoms with Crippen LogP contribution in [-0.4, -0.2) is 10.0 Å². The Labute approximate surface area is 112 Å². The first kappa shape index (κ1) is 12.4. The average Bonchev–Trinajstić information content (AvgIpc) is 2.33. The Bertz CT molecular complexity index is 312. The van der Waals surface area contributed by atoms with Gasteiger partial charge in [-0.05, 0) is 25.3 Å². The van der Waals surface area contributed by atoms with Gasteiger partial charge in [-0.25, -0.2) is 0 Å². The standard InChI is InChI=1S/C14H19IO/c1-11(12-7-3-2-4-8-12)16-14-10-6-5-9-13(14)15/h2-4,7-8,11,13-14H,5-6,9-10H2,1H3. The van der Waals surface area contributed by atoms with E-state index >= 15 is 0 Å². The number of rotatable bonds is 3. The number of benzene rings is 1. The fourth-order valence-corrected chi connectivity index (χ4v) is 3.24. The van der Waals surface area contributed by atoms with E-state index in [1.165, 1.54) is 31.2 Å². The number of ether oxygens (including phenoxy) is 1. The maximum Gasteiger partial charge on any atom is 0.0801 e. The lowest BCUT2D eigenvalue weighted by atomic mass is 9.97. The zero-order valence-electron chi connectivity index (χ0n) is 9.73. The van der Waals surface area contributed by atoms with Crippen LogP contribution in [0.5, 0.6) is 0 Å². The molecule has 2 rings (SSSR count). The summed E-state index contributed by atoms with van der Waals surface area (Å²) in [6.45, 7) is 2.16. The smallest absolute Gasteiger partial charge is 0.0801 e. The second kappa shape index (κ2) is 6.01. The monoisotopic (exact) mass is 330 g/mol. The van der Waals surface area contributed by atoms with Crippen LogP contribution in [0, 0.1) is 0 Å². The molecule has 1 aliphatic rings. The predicted octanol–water partition coefficient (Wildman–Crippen LogP) is 4.51. The van der Waals surface area contributed by atoms with Crippen LogP contribution in [0.3, 0.4) is 0 Å². The van der Waals surface area contributed by atoms with E-state index < -0.39 is 0 Å². The Morgan fingerprint density at radius 3 is 2.56 bits per heavy atom. The van der Waals surface area contributed by atoms with E-state index in [1.54, 1.807) is 0 Å². The van der Waals surface area contributed by atoms with Gasteiger partial charge in [-0.1, -0.05) is 65.8 Å². The van der Waals surface area contributed by atoms with E-state index in [0.717, 1.165) is 0 Å². The Hall–Kier alpha value is -0.0900. The Morgan fingerprint density at radius 1 is 1.19 bits per heavy atom. The molecule has 2 heteroatoms. The third kappa shape index (κ3) is 3.20. The SMILES string of the molecule is CC(OC1CCCCC1I)c1ccccc1. The molecule has 0 N–H and O–H groups in total. The minimum Gasteiger partial charge on any atom is -0.370 e. The lowest BCUT2D eigenvalue weighted by Gasteiger charge is -2.30. The van der Waals surface area contributed by atoms with Gasteiger partial charge in [-0.15, -0.1) is 0 Å². The van der Waals surface area contributed by atoms with Crippen LogP contribution in [0.2, 0.25) is 0 Å². The van der Waals surface area contributed by atoms with E-state index in [2.05, 4.69) is 59.8 Å². The quantitative estimate of drug-likeness (QED) is 0.585. The van der Waals surface area contributed by atoms with Gasteiger partial charge in [-0.2, -0.15) is 0 Å². The van der Waals surface area contributed by atoms with Crippen LogP contribution in [0.4, 0.5) is 0 Å². The number of halogens is 1. The molecule has 3 atom stereocenters. The maximum atomic E-state index is 6.18. The number of alkyl halides is 1. The summed E-state index contributed by atoms with van der Waals surface area (Å²) in [5, 5.41) is 0. The molecule has 88 valence electrons. The van der Waals surface area contributed by atoms with Crippen LogP contribution < -0.4 is 0 Å². The van der Waals surface area contributed by atoms with Crippen molar-refractivity contribution in [2.75, 3.05) is 0 Å². The summed E-state index contributed by atoms with van der Waals surface area (Å²) in [6, 6.07) is 10.5. The topological polar surface area (TPSA) is 9.23 Å². The van der Waals surface area contributed by atoms with Crippen molar-refractivity contribution in [3.8, 4) is 0 Å². The van der Waals surface area contributed by atoms with Gasteiger partial charge in [0.15, 0.2) is 0 Å². The summed E-state index contributed by atoms with van der Waals surface area (Å²) in [5.41, 5.74) is 1.29. The molecule has 0 saturated heterocycles. The first-order chi connectivity index (χ1) is 7.77. The molecule has 0 bridgehead atoms. The average molecular weight is 330 g/mol. The molecule has 1 aromatic rings. The fourth-order valence-electron chi connectivity index (χ4n) is 2.27. The molecule has 0 amide bonds. The molecule has 0 heterocycles. The van der Waals surface area contributed by atoms with Crippen molar-refractivity contribution >= 4 is 22.6 Å². The second-order valence-corrected chi connectivity index (χ2v) is 6.13. The first-order valence-electron chi connectivity index (χ1n) is 6.12. The molecule has 1 aromatic carbocycles. The number of hydrogen-bond donors (Lipinski definition) is 0. The molecule has 3 unspecified atom stereocenters. The molecule has 0 aliphatic heterocycles. The second-order valence-electron chi connectivity index (χ2n) is 4.53. The summed E-state index contributed by atoms with van der Waals surface area (Å²) in [6.07, 6.45) is 5.90. The van der Waals surface area contributed by atoms with E-state index in [0.29, 0.717) is 10.0 Å². The summed E-state index contributed by atoms with van der Waals surface area (Å²) < 4.78 is 6.87. The zero-order chi connectivity index (χ0) is 11.4. The highest BCUT2D eigenvalue weighted by Gasteiger charge is 2.25. The molecule has 1 saturated carbocycles.